The third-order valence-corrected chi connectivity index (χ3v) is 4.09. The first-order valence-electron chi connectivity index (χ1n) is 7.64. The lowest BCUT2D eigenvalue weighted by Crippen LogP contribution is -2.14. The molecular weight excluding hydrogens is 284 g/mol. The van der Waals surface area contributed by atoms with Gasteiger partial charge in [-0.05, 0) is 23.1 Å². The number of carbonyl (C=O) groups excluding carboxylic acids is 1. The second-order valence-corrected chi connectivity index (χ2v) is 5.61. The van der Waals surface area contributed by atoms with E-state index in [0.717, 1.165) is 32.9 Å². The maximum absolute atomic E-state index is 12.4. The van der Waals surface area contributed by atoms with Crippen LogP contribution in [0.4, 0.5) is 5.69 Å². The minimum atomic E-state index is -0.00824. The number of aromatic nitrogens is 1. The van der Waals surface area contributed by atoms with E-state index in [1.807, 2.05) is 72.9 Å². The molecule has 0 atom stereocenters. The van der Waals surface area contributed by atoms with Gasteiger partial charge in [-0.25, -0.2) is 0 Å². The summed E-state index contributed by atoms with van der Waals surface area (Å²) < 4.78 is 0. The highest BCUT2D eigenvalue weighted by Crippen LogP contribution is 2.24. The van der Waals surface area contributed by atoms with Gasteiger partial charge in [0.15, 0.2) is 0 Å². The Morgan fingerprint density at radius 3 is 2.52 bits per heavy atom. The molecule has 0 aliphatic heterocycles. The van der Waals surface area contributed by atoms with Crippen LogP contribution in [0.15, 0.2) is 72.9 Å². The van der Waals surface area contributed by atoms with E-state index < -0.39 is 0 Å². The molecule has 1 aromatic heterocycles. The number of hydrogen-bond donors (Lipinski definition) is 2. The van der Waals surface area contributed by atoms with Gasteiger partial charge in [-0.2, -0.15) is 0 Å². The van der Waals surface area contributed by atoms with E-state index in [0.29, 0.717) is 6.42 Å². The Hall–Kier alpha value is -3.07. The Morgan fingerprint density at radius 1 is 0.870 bits per heavy atom. The van der Waals surface area contributed by atoms with Crippen molar-refractivity contribution in [3.05, 3.63) is 78.5 Å². The number of anilines is 1. The Kier molecular flexibility index (Phi) is 3.31. The molecule has 0 radical (unpaired) electrons. The number of amides is 1. The van der Waals surface area contributed by atoms with Gasteiger partial charge in [-0.15, -0.1) is 0 Å². The lowest BCUT2D eigenvalue weighted by Gasteiger charge is -2.08. The van der Waals surface area contributed by atoms with Crippen LogP contribution < -0.4 is 5.32 Å². The van der Waals surface area contributed by atoms with Crippen LogP contribution in [0.25, 0.3) is 21.7 Å². The Bertz CT molecular complexity index is 995. The topological polar surface area (TPSA) is 44.9 Å². The summed E-state index contributed by atoms with van der Waals surface area (Å²) in [5.74, 6) is -0.00824. The zero-order chi connectivity index (χ0) is 15.6. The Morgan fingerprint density at radius 2 is 1.61 bits per heavy atom. The Labute approximate surface area is 134 Å². The number of nitrogens with one attached hydrogen (secondary N) is 2. The standard InChI is InChI=1S/C20H16N2O/c23-20(12-15-13-21-18-10-4-3-9-17(15)18)22-19-11-5-7-14-6-1-2-8-16(14)19/h1-11,13,21H,12H2,(H,22,23). The summed E-state index contributed by atoms with van der Waals surface area (Å²) in [5.41, 5.74) is 2.92. The van der Waals surface area contributed by atoms with Gasteiger partial charge >= 0.3 is 0 Å². The number of hydrogen-bond acceptors (Lipinski definition) is 1. The fourth-order valence-corrected chi connectivity index (χ4v) is 2.98. The summed E-state index contributed by atoms with van der Waals surface area (Å²) in [5, 5.41) is 6.31. The number of rotatable bonds is 3. The smallest absolute Gasteiger partial charge is 0.228 e. The fraction of sp³-hybridized carbons (Fsp3) is 0.0500. The molecular formula is C20H16N2O. The first-order valence-corrected chi connectivity index (χ1v) is 7.64. The molecule has 2 N–H and O–H groups in total. The number of benzene rings is 3. The number of aromatic amines is 1. The highest BCUT2D eigenvalue weighted by molar-refractivity contribution is 6.03. The maximum atomic E-state index is 12.4. The summed E-state index contributed by atoms with van der Waals surface area (Å²) in [4.78, 5) is 15.6. The number of H-pyrrole nitrogens is 1. The van der Waals surface area contributed by atoms with Gasteiger partial charge in [0, 0.05) is 28.2 Å². The van der Waals surface area contributed by atoms with Crippen LogP contribution in [0.5, 0.6) is 0 Å². The van der Waals surface area contributed by atoms with Crippen molar-refractivity contribution in [1.82, 2.24) is 4.98 Å². The molecule has 0 spiro atoms. The van der Waals surface area contributed by atoms with Crippen LogP contribution in [0.2, 0.25) is 0 Å². The second-order valence-electron chi connectivity index (χ2n) is 5.61. The van der Waals surface area contributed by atoms with Crippen LogP contribution in [-0.2, 0) is 11.2 Å². The molecule has 23 heavy (non-hydrogen) atoms. The quantitative estimate of drug-likeness (QED) is 0.575. The molecule has 3 heteroatoms. The van der Waals surface area contributed by atoms with E-state index in [1.165, 1.54) is 0 Å². The molecule has 3 aromatic carbocycles. The average Bonchev–Trinajstić information content (AvgIpc) is 2.98. The van der Waals surface area contributed by atoms with Crippen molar-refractivity contribution < 1.29 is 4.79 Å². The van der Waals surface area contributed by atoms with Crippen molar-refractivity contribution in [2.24, 2.45) is 0 Å². The van der Waals surface area contributed by atoms with Gasteiger partial charge in [0.1, 0.15) is 0 Å². The van der Waals surface area contributed by atoms with Gasteiger partial charge in [-0.1, -0.05) is 54.6 Å². The molecule has 1 amide bonds. The normalized spacial score (nSPS) is 11.0. The zero-order valence-corrected chi connectivity index (χ0v) is 12.5. The van der Waals surface area contributed by atoms with E-state index in [-0.39, 0.29) is 5.91 Å². The zero-order valence-electron chi connectivity index (χ0n) is 12.5. The third kappa shape index (κ3) is 2.57. The van der Waals surface area contributed by atoms with E-state index in [4.69, 9.17) is 0 Å². The van der Waals surface area contributed by atoms with Crippen molar-refractivity contribution in [2.45, 2.75) is 6.42 Å². The summed E-state index contributed by atoms with van der Waals surface area (Å²) in [6.07, 6.45) is 2.26. The Balaban J connectivity index is 1.60. The second kappa shape index (κ2) is 5.61. The molecule has 0 aliphatic rings. The summed E-state index contributed by atoms with van der Waals surface area (Å²) in [6, 6.07) is 22.0. The summed E-state index contributed by atoms with van der Waals surface area (Å²) in [7, 11) is 0. The van der Waals surface area contributed by atoms with Crippen LogP contribution in [0.1, 0.15) is 5.56 Å². The molecule has 1 heterocycles. The fourth-order valence-electron chi connectivity index (χ4n) is 2.98. The predicted molar refractivity (Wildman–Crippen MR) is 94.6 cm³/mol. The van der Waals surface area contributed by atoms with E-state index in [1.54, 1.807) is 0 Å². The molecule has 0 saturated heterocycles. The molecule has 3 nitrogen and oxygen atoms in total. The number of carbonyl (C=O) groups is 1. The summed E-state index contributed by atoms with van der Waals surface area (Å²) in [6.45, 7) is 0. The minimum Gasteiger partial charge on any atom is -0.361 e. The molecule has 0 saturated carbocycles. The monoisotopic (exact) mass is 300 g/mol. The predicted octanol–water partition coefficient (Wildman–Crippen LogP) is 4.50. The van der Waals surface area contributed by atoms with Crippen LogP contribution in [0.3, 0.4) is 0 Å². The molecule has 0 fully saturated rings. The van der Waals surface area contributed by atoms with Crippen molar-refractivity contribution in [3.8, 4) is 0 Å². The highest BCUT2D eigenvalue weighted by Gasteiger charge is 2.10. The lowest BCUT2D eigenvalue weighted by molar-refractivity contribution is -0.115. The number of para-hydroxylation sites is 1. The van der Waals surface area contributed by atoms with Gasteiger partial charge in [0.05, 0.1) is 6.42 Å². The van der Waals surface area contributed by atoms with Crippen LogP contribution >= 0.6 is 0 Å². The molecule has 0 unspecified atom stereocenters. The van der Waals surface area contributed by atoms with Gasteiger partial charge < -0.3 is 10.3 Å². The largest absolute Gasteiger partial charge is 0.361 e. The third-order valence-electron chi connectivity index (χ3n) is 4.09. The average molecular weight is 300 g/mol. The van der Waals surface area contributed by atoms with Crippen LogP contribution in [0, 0.1) is 0 Å². The lowest BCUT2D eigenvalue weighted by atomic mass is 10.1. The van der Waals surface area contributed by atoms with E-state index in [2.05, 4.69) is 10.3 Å². The van der Waals surface area contributed by atoms with Gasteiger partial charge in [0.25, 0.3) is 0 Å². The van der Waals surface area contributed by atoms with Crippen molar-refractivity contribution in [2.75, 3.05) is 5.32 Å². The van der Waals surface area contributed by atoms with E-state index in [9.17, 15) is 4.79 Å². The van der Waals surface area contributed by atoms with E-state index >= 15 is 0 Å². The molecule has 0 aliphatic carbocycles. The molecule has 4 aromatic rings. The summed E-state index contributed by atoms with van der Waals surface area (Å²) >= 11 is 0. The van der Waals surface area contributed by atoms with Gasteiger partial charge in [-0.3, -0.25) is 4.79 Å². The maximum Gasteiger partial charge on any atom is 0.228 e. The SMILES string of the molecule is O=C(Cc1c[nH]c2ccccc12)Nc1cccc2ccccc12. The first kappa shape index (κ1) is 13.6. The molecule has 4 rings (SSSR count). The molecule has 0 bridgehead atoms. The van der Waals surface area contributed by atoms with Crippen molar-refractivity contribution in [3.63, 3.8) is 0 Å². The molecule has 112 valence electrons. The number of fused-ring (bicyclic) bond motifs is 2. The van der Waals surface area contributed by atoms with Crippen molar-refractivity contribution >= 4 is 33.3 Å². The minimum absolute atomic E-state index is 0.00824. The first-order chi connectivity index (χ1) is 11.3. The van der Waals surface area contributed by atoms with Crippen LogP contribution in [-0.4, -0.2) is 10.9 Å². The highest BCUT2D eigenvalue weighted by atomic mass is 16.1. The van der Waals surface area contributed by atoms with Gasteiger partial charge in [0.2, 0.25) is 5.91 Å². The van der Waals surface area contributed by atoms with Crippen molar-refractivity contribution in [1.29, 1.82) is 0 Å².